The number of benzene rings is 3. The highest BCUT2D eigenvalue weighted by Crippen LogP contribution is 2.31. The van der Waals surface area contributed by atoms with Gasteiger partial charge < -0.3 is 15.7 Å². The lowest BCUT2D eigenvalue weighted by Crippen LogP contribution is -2.36. The van der Waals surface area contributed by atoms with Crippen molar-refractivity contribution < 1.29 is 23.2 Å². The van der Waals surface area contributed by atoms with Gasteiger partial charge in [-0.3, -0.25) is 9.10 Å². The van der Waals surface area contributed by atoms with Crippen LogP contribution in [-0.2, 0) is 19.6 Å². The molecule has 34 heavy (non-hydrogen) atoms. The number of hydrogen-bond acceptors (Lipinski definition) is 6. The van der Waals surface area contributed by atoms with Crippen LogP contribution in [0.3, 0.4) is 0 Å². The standard InChI is InChI=1S/C23H23Cl2N3O5S/c1-2-3-9-33-22(29)14-28(34(31,32)19-12-16(24)11-17(25)13-19)18-7-8-20-15(10-18)5-4-6-21(20)23(26)27-30/h4-8,10-13,30H,2-3,9,14H2,1H3,(H2,26,27). The van der Waals surface area contributed by atoms with Crippen molar-refractivity contribution in [2.24, 2.45) is 10.9 Å². The van der Waals surface area contributed by atoms with Crippen molar-refractivity contribution in [3.8, 4) is 0 Å². The summed E-state index contributed by atoms with van der Waals surface area (Å²) in [6.45, 7) is 1.58. The number of unbranched alkanes of at least 4 members (excludes halogenated alkanes) is 1. The monoisotopic (exact) mass is 523 g/mol. The zero-order chi connectivity index (χ0) is 24.9. The minimum atomic E-state index is -4.25. The SMILES string of the molecule is CCCCOC(=O)CN(c1ccc2c(C(N)=NO)cccc2c1)S(=O)(=O)c1cc(Cl)cc(Cl)c1. The zero-order valence-corrected chi connectivity index (χ0v) is 20.6. The molecule has 3 aromatic rings. The quantitative estimate of drug-likeness (QED) is 0.104. The molecule has 3 aromatic carbocycles. The maximum Gasteiger partial charge on any atom is 0.326 e. The highest BCUT2D eigenvalue weighted by molar-refractivity contribution is 7.92. The lowest BCUT2D eigenvalue weighted by atomic mass is 10.0. The minimum absolute atomic E-state index is 0.0871. The molecule has 0 radical (unpaired) electrons. The van der Waals surface area contributed by atoms with Gasteiger partial charge in [-0.1, -0.05) is 66.0 Å². The zero-order valence-electron chi connectivity index (χ0n) is 18.2. The van der Waals surface area contributed by atoms with E-state index in [9.17, 15) is 13.2 Å². The van der Waals surface area contributed by atoms with Crippen molar-refractivity contribution in [2.45, 2.75) is 24.7 Å². The first-order chi connectivity index (χ1) is 16.2. The Morgan fingerprint density at radius 3 is 2.47 bits per heavy atom. The van der Waals surface area contributed by atoms with Gasteiger partial charge in [-0.2, -0.15) is 0 Å². The smallest absolute Gasteiger partial charge is 0.326 e. The molecule has 3 rings (SSSR count). The van der Waals surface area contributed by atoms with Gasteiger partial charge in [0.15, 0.2) is 5.84 Å². The summed E-state index contributed by atoms with van der Waals surface area (Å²) < 4.78 is 33.3. The van der Waals surface area contributed by atoms with Crippen LogP contribution < -0.4 is 10.0 Å². The second-order valence-electron chi connectivity index (χ2n) is 7.39. The number of nitrogens with zero attached hydrogens (tertiary/aromatic N) is 2. The number of carbonyl (C=O) groups is 1. The average molecular weight is 524 g/mol. The molecule has 0 bridgehead atoms. The highest BCUT2D eigenvalue weighted by atomic mass is 35.5. The maximum atomic E-state index is 13.6. The number of rotatable bonds is 9. The average Bonchev–Trinajstić information content (AvgIpc) is 2.80. The van der Waals surface area contributed by atoms with Gasteiger partial charge in [-0.15, -0.1) is 0 Å². The fraction of sp³-hybridized carbons (Fsp3) is 0.217. The van der Waals surface area contributed by atoms with Crippen molar-refractivity contribution in [1.82, 2.24) is 0 Å². The first-order valence-electron chi connectivity index (χ1n) is 10.3. The third kappa shape index (κ3) is 5.72. The van der Waals surface area contributed by atoms with Crippen LogP contribution >= 0.6 is 23.2 Å². The van der Waals surface area contributed by atoms with Gasteiger partial charge in [-0.25, -0.2) is 8.42 Å². The van der Waals surface area contributed by atoms with Gasteiger partial charge in [-0.05, 0) is 47.5 Å². The number of esters is 1. The van der Waals surface area contributed by atoms with E-state index in [-0.39, 0.29) is 33.1 Å². The summed E-state index contributed by atoms with van der Waals surface area (Å²) in [5.74, 6) is -0.786. The molecule has 0 spiro atoms. The van der Waals surface area contributed by atoms with Crippen molar-refractivity contribution in [1.29, 1.82) is 0 Å². The molecule has 180 valence electrons. The van der Waals surface area contributed by atoms with Crippen LogP contribution in [0.4, 0.5) is 5.69 Å². The Morgan fingerprint density at radius 1 is 1.12 bits per heavy atom. The van der Waals surface area contributed by atoms with Crippen molar-refractivity contribution in [3.63, 3.8) is 0 Å². The van der Waals surface area contributed by atoms with Gasteiger partial charge in [0.25, 0.3) is 10.0 Å². The van der Waals surface area contributed by atoms with Crippen LogP contribution in [0.25, 0.3) is 10.8 Å². The van der Waals surface area contributed by atoms with Crippen molar-refractivity contribution in [2.75, 3.05) is 17.5 Å². The summed E-state index contributed by atoms with van der Waals surface area (Å²) >= 11 is 12.1. The Labute approximate surface area is 207 Å². The molecule has 3 N–H and O–H groups in total. The largest absolute Gasteiger partial charge is 0.464 e. The molecule has 0 heterocycles. The Hall–Kier alpha value is -3.01. The Bertz CT molecular complexity index is 1330. The molecule has 0 fully saturated rings. The summed E-state index contributed by atoms with van der Waals surface area (Å²) in [6, 6.07) is 13.8. The number of ether oxygens (including phenoxy) is 1. The molecule has 0 amide bonds. The second kappa shape index (κ2) is 10.9. The molecule has 0 aliphatic rings. The van der Waals surface area contributed by atoms with E-state index in [1.54, 1.807) is 30.3 Å². The number of amidine groups is 1. The molecule has 11 heteroatoms. The molecule has 0 atom stereocenters. The van der Waals surface area contributed by atoms with E-state index in [4.69, 9.17) is 38.9 Å². The van der Waals surface area contributed by atoms with Gasteiger partial charge in [0.05, 0.1) is 17.2 Å². The van der Waals surface area contributed by atoms with Crippen LogP contribution in [0.15, 0.2) is 64.6 Å². The molecule has 0 saturated heterocycles. The van der Waals surface area contributed by atoms with Crippen LogP contribution in [0.2, 0.25) is 10.0 Å². The number of halogens is 2. The number of hydrogen-bond donors (Lipinski definition) is 2. The first kappa shape index (κ1) is 25.6. The van der Waals surface area contributed by atoms with Crippen LogP contribution in [-0.4, -0.2) is 38.6 Å². The van der Waals surface area contributed by atoms with Gasteiger partial charge in [0.1, 0.15) is 6.54 Å². The fourth-order valence-corrected chi connectivity index (χ4v) is 5.44. The third-order valence-electron chi connectivity index (χ3n) is 4.99. The van der Waals surface area contributed by atoms with Gasteiger partial charge >= 0.3 is 5.97 Å². The van der Waals surface area contributed by atoms with Crippen molar-refractivity contribution in [3.05, 3.63) is 70.2 Å². The Kier molecular flexibility index (Phi) is 8.24. The highest BCUT2D eigenvalue weighted by Gasteiger charge is 2.29. The number of oxime groups is 1. The topological polar surface area (TPSA) is 122 Å². The van der Waals surface area contributed by atoms with E-state index in [0.29, 0.717) is 22.8 Å². The number of fused-ring (bicyclic) bond motifs is 1. The van der Waals surface area contributed by atoms with Gasteiger partial charge in [0.2, 0.25) is 0 Å². The molecule has 8 nitrogen and oxygen atoms in total. The summed E-state index contributed by atoms with van der Waals surface area (Å²) in [5.41, 5.74) is 6.45. The fourth-order valence-electron chi connectivity index (χ4n) is 3.32. The van der Waals surface area contributed by atoms with Crippen LogP contribution in [0.1, 0.15) is 25.3 Å². The van der Waals surface area contributed by atoms with Crippen molar-refractivity contribution >= 4 is 61.5 Å². The Morgan fingerprint density at radius 2 is 1.82 bits per heavy atom. The van der Waals surface area contributed by atoms with Crippen LogP contribution in [0, 0.1) is 0 Å². The normalized spacial score (nSPS) is 12.0. The Balaban J connectivity index is 2.11. The molecular weight excluding hydrogens is 501 g/mol. The summed E-state index contributed by atoms with van der Waals surface area (Å²) in [7, 11) is -4.25. The summed E-state index contributed by atoms with van der Waals surface area (Å²) in [4.78, 5) is 12.3. The molecule has 0 aliphatic heterocycles. The molecule has 0 aliphatic carbocycles. The number of anilines is 1. The minimum Gasteiger partial charge on any atom is -0.464 e. The lowest BCUT2D eigenvalue weighted by molar-refractivity contribution is -0.141. The second-order valence-corrected chi connectivity index (χ2v) is 10.1. The maximum absolute atomic E-state index is 13.6. The molecule has 0 saturated carbocycles. The number of nitrogens with two attached hydrogens (primary N) is 1. The van der Waals surface area contributed by atoms with E-state index in [1.165, 1.54) is 24.3 Å². The predicted molar refractivity (Wildman–Crippen MR) is 133 cm³/mol. The summed E-state index contributed by atoms with van der Waals surface area (Å²) in [6.07, 6.45) is 1.48. The molecule has 0 aromatic heterocycles. The van der Waals surface area contributed by atoms with E-state index < -0.39 is 22.5 Å². The summed E-state index contributed by atoms with van der Waals surface area (Å²) in [5, 5.41) is 13.6. The third-order valence-corrected chi connectivity index (χ3v) is 7.18. The predicted octanol–water partition coefficient (Wildman–Crippen LogP) is 4.78. The lowest BCUT2D eigenvalue weighted by Gasteiger charge is -2.24. The molecule has 0 unspecified atom stereocenters. The van der Waals surface area contributed by atoms with E-state index >= 15 is 0 Å². The van der Waals surface area contributed by atoms with Gasteiger partial charge in [0, 0.05) is 15.6 Å². The number of carbonyl (C=O) groups excluding carboxylic acids is 1. The van der Waals surface area contributed by atoms with E-state index in [1.807, 2.05) is 6.92 Å². The number of sulfonamides is 1. The van der Waals surface area contributed by atoms with Crippen LogP contribution in [0.5, 0.6) is 0 Å². The first-order valence-corrected chi connectivity index (χ1v) is 12.5. The molecular formula is C23H23Cl2N3O5S. The van der Waals surface area contributed by atoms with E-state index in [0.717, 1.165) is 10.7 Å². The van der Waals surface area contributed by atoms with E-state index in [2.05, 4.69) is 5.16 Å².